The fourth-order valence-corrected chi connectivity index (χ4v) is 4.51. The van der Waals surface area contributed by atoms with Gasteiger partial charge in [0.2, 0.25) is 5.91 Å². The van der Waals surface area contributed by atoms with Gasteiger partial charge in [-0.05, 0) is 42.3 Å². The molecule has 3 aromatic rings. The zero-order chi connectivity index (χ0) is 24.1. The molecular formula is C26H27F3N4O. The van der Waals surface area contributed by atoms with E-state index in [-0.39, 0.29) is 11.5 Å². The van der Waals surface area contributed by atoms with Gasteiger partial charge >= 0.3 is 6.18 Å². The summed E-state index contributed by atoms with van der Waals surface area (Å²) in [4.78, 5) is 16.6. The number of benzene rings is 2. The Morgan fingerprint density at radius 1 is 0.912 bits per heavy atom. The van der Waals surface area contributed by atoms with Gasteiger partial charge in [-0.1, -0.05) is 36.8 Å². The van der Waals surface area contributed by atoms with Gasteiger partial charge in [-0.25, -0.2) is 0 Å². The first-order valence-corrected chi connectivity index (χ1v) is 11.5. The molecule has 0 aliphatic carbocycles. The average Bonchev–Trinajstić information content (AvgIpc) is 3.27. The number of fused-ring (bicyclic) bond motifs is 1. The van der Waals surface area contributed by atoms with Crippen LogP contribution in [0.5, 0.6) is 0 Å². The van der Waals surface area contributed by atoms with Crippen LogP contribution < -0.4 is 4.90 Å². The van der Waals surface area contributed by atoms with E-state index in [1.54, 1.807) is 16.7 Å². The monoisotopic (exact) mass is 468 g/mol. The Kier molecular flexibility index (Phi) is 7.23. The number of carbonyl (C=O) groups excluding carboxylic acids is 1. The maximum Gasteiger partial charge on any atom is 0.417 e. The number of aromatic nitrogens is 1. The van der Waals surface area contributed by atoms with Crippen molar-refractivity contribution in [3.8, 4) is 6.07 Å². The smallest absolute Gasteiger partial charge is 0.368 e. The summed E-state index contributed by atoms with van der Waals surface area (Å²) in [6.07, 6.45) is 2.44. The fourth-order valence-electron chi connectivity index (χ4n) is 4.51. The number of nitrogens with zero attached hydrogens (tertiary/aromatic N) is 4. The van der Waals surface area contributed by atoms with Gasteiger partial charge in [0.15, 0.2) is 0 Å². The van der Waals surface area contributed by atoms with Gasteiger partial charge in [0.25, 0.3) is 0 Å². The minimum atomic E-state index is -4.54. The van der Waals surface area contributed by atoms with Crippen LogP contribution in [0.3, 0.4) is 0 Å². The zero-order valence-electron chi connectivity index (χ0n) is 18.9. The summed E-state index contributed by atoms with van der Waals surface area (Å²) in [5.74, 6) is 0.0965. The standard InChI is InChI=1S/C26H27F3N4O/c27-26(28,29)23-9-6-10-24(22(23)17-30)32-15-13-31(14-16-32)12-5-1-2-11-25(34)33-18-20-7-3-4-8-21(20)19-33/h3-4,6-10,18-19H,1-2,5,11-16H2. The third kappa shape index (κ3) is 5.42. The first-order chi connectivity index (χ1) is 16.4. The van der Waals surface area contributed by atoms with E-state index in [1.807, 2.05) is 41.6 Å². The minimum Gasteiger partial charge on any atom is -0.368 e. The van der Waals surface area contributed by atoms with E-state index in [9.17, 15) is 23.2 Å². The molecule has 0 N–H and O–H groups in total. The molecule has 178 valence electrons. The summed E-state index contributed by atoms with van der Waals surface area (Å²) in [5.41, 5.74) is -0.825. The van der Waals surface area contributed by atoms with E-state index in [4.69, 9.17) is 0 Å². The molecule has 0 radical (unpaired) electrons. The fraction of sp³-hybridized carbons (Fsp3) is 0.385. The molecule has 0 atom stereocenters. The van der Waals surface area contributed by atoms with Gasteiger partial charge < -0.3 is 4.90 Å². The highest BCUT2D eigenvalue weighted by molar-refractivity contribution is 5.89. The van der Waals surface area contributed by atoms with Crippen molar-refractivity contribution >= 4 is 22.4 Å². The topological polar surface area (TPSA) is 52.3 Å². The van der Waals surface area contributed by atoms with E-state index >= 15 is 0 Å². The highest BCUT2D eigenvalue weighted by Crippen LogP contribution is 2.36. The van der Waals surface area contributed by atoms with Crippen molar-refractivity contribution in [3.63, 3.8) is 0 Å². The van der Waals surface area contributed by atoms with E-state index in [0.717, 1.165) is 55.7 Å². The molecule has 0 bridgehead atoms. The first kappa shape index (κ1) is 23.8. The van der Waals surface area contributed by atoms with Crippen LogP contribution in [-0.2, 0) is 6.18 Å². The number of alkyl halides is 3. The molecule has 1 aliphatic heterocycles. The van der Waals surface area contributed by atoms with Gasteiger partial charge in [0, 0.05) is 45.0 Å². The first-order valence-electron chi connectivity index (χ1n) is 11.5. The van der Waals surface area contributed by atoms with Crippen molar-refractivity contribution in [1.29, 1.82) is 5.26 Å². The molecular weight excluding hydrogens is 441 g/mol. The number of unbranched alkanes of at least 4 members (excludes halogenated alkanes) is 2. The van der Waals surface area contributed by atoms with Crippen LogP contribution in [0.4, 0.5) is 18.9 Å². The second kappa shape index (κ2) is 10.3. The Morgan fingerprint density at radius 3 is 2.21 bits per heavy atom. The van der Waals surface area contributed by atoms with Gasteiger partial charge in [0.05, 0.1) is 16.8 Å². The Bertz CT molecular complexity index is 1150. The van der Waals surface area contributed by atoms with Crippen molar-refractivity contribution in [1.82, 2.24) is 9.47 Å². The van der Waals surface area contributed by atoms with Gasteiger partial charge in [-0.15, -0.1) is 0 Å². The summed E-state index contributed by atoms with van der Waals surface area (Å²) in [5, 5.41) is 11.5. The van der Waals surface area contributed by atoms with Crippen molar-refractivity contribution in [2.24, 2.45) is 0 Å². The molecule has 8 heteroatoms. The number of anilines is 1. The van der Waals surface area contributed by atoms with Crippen LogP contribution in [0.25, 0.3) is 10.8 Å². The zero-order valence-corrected chi connectivity index (χ0v) is 18.9. The van der Waals surface area contributed by atoms with Crippen LogP contribution in [0.15, 0.2) is 54.9 Å². The van der Waals surface area contributed by atoms with Crippen molar-refractivity contribution in [2.75, 3.05) is 37.6 Å². The number of halogens is 3. The summed E-state index contributed by atoms with van der Waals surface area (Å²) in [6.45, 7) is 3.51. The van der Waals surface area contributed by atoms with E-state index in [1.165, 1.54) is 6.07 Å². The molecule has 1 aliphatic rings. The number of carbonyl (C=O) groups is 1. The van der Waals surface area contributed by atoms with Crippen LogP contribution in [-0.4, -0.2) is 48.1 Å². The maximum absolute atomic E-state index is 13.2. The SMILES string of the molecule is N#Cc1c(N2CCN(CCCCCC(=O)n3cc4ccccc4c3)CC2)cccc1C(F)(F)F. The third-order valence-electron chi connectivity index (χ3n) is 6.38. The van der Waals surface area contributed by atoms with Crippen LogP contribution in [0.1, 0.15) is 41.6 Å². The van der Waals surface area contributed by atoms with Gasteiger partial charge in [0.1, 0.15) is 6.07 Å². The molecule has 2 heterocycles. The Morgan fingerprint density at radius 2 is 1.59 bits per heavy atom. The largest absolute Gasteiger partial charge is 0.417 e. The molecule has 1 aromatic heterocycles. The lowest BCUT2D eigenvalue weighted by Crippen LogP contribution is -2.47. The van der Waals surface area contributed by atoms with Crippen LogP contribution in [0.2, 0.25) is 0 Å². The predicted molar refractivity (Wildman–Crippen MR) is 126 cm³/mol. The predicted octanol–water partition coefficient (Wildman–Crippen LogP) is 5.55. The number of hydrogen-bond acceptors (Lipinski definition) is 4. The summed E-state index contributed by atoms with van der Waals surface area (Å²) in [7, 11) is 0. The second-order valence-corrected chi connectivity index (χ2v) is 8.64. The molecule has 0 saturated carbocycles. The highest BCUT2D eigenvalue weighted by Gasteiger charge is 2.35. The van der Waals surface area contributed by atoms with Crippen molar-refractivity contribution in [3.05, 3.63) is 66.0 Å². The molecule has 0 amide bonds. The maximum atomic E-state index is 13.2. The molecule has 2 aromatic carbocycles. The van der Waals surface area contributed by atoms with Gasteiger partial charge in [-0.2, -0.15) is 18.4 Å². The Hall–Kier alpha value is -3.31. The molecule has 5 nitrogen and oxygen atoms in total. The summed E-state index contributed by atoms with van der Waals surface area (Å²) >= 11 is 0. The second-order valence-electron chi connectivity index (χ2n) is 8.64. The van der Waals surface area contributed by atoms with E-state index in [0.29, 0.717) is 25.2 Å². The lowest BCUT2D eigenvalue weighted by Gasteiger charge is -2.36. The number of rotatable bonds is 7. The van der Waals surface area contributed by atoms with Gasteiger partial charge in [-0.3, -0.25) is 14.3 Å². The molecule has 34 heavy (non-hydrogen) atoms. The summed E-state index contributed by atoms with van der Waals surface area (Å²) in [6, 6.07) is 13.6. The number of piperazine rings is 1. The minimum absolute atomic E-state index is 0.0965. The van der Waals surface area contributed by atoms with Crippen LogP contribution in [0, 0.1) is 11.3 Å². The van der Waals surface area contributed by atoms with Crippen LogP contribution >= 0.6 is 0 Å². The van der Waals surface area contributed by atoms with E-state index < -0.39 is 11.7 Å². The lowest BCUT2D eigenvalue weighted by atomic mass is 10.0. The molecule has 0 spiro atoms. The Balaban J connectivity index is 1.20. The molecule has 1 saturated heterocycles. The average molecular weight is 469 g/mol. The number of hydrogen-bond donors (Lipinski definition) is 0. The van der Waals surface area contributed by atoms with E-state index in [2.05, 4.69) is 4.90 Å². The highest BCUT2D eigenvalue weighted by atomic mass is 19.4. The lowest BCUT2D eigenvalue weighted by molar-refractivity contribution is -0.137. The quantitative estimate of drug-likeness (QED) is 0.427. The Labute approximate surface area is 197 Å². The molecule has 4 rings (SSSR count). The van der Waals surface area contributed by atoms with Crippen molar-refractivity contribution < 1.29 is 18.0 Å². The summed E-state index contributed by atoms with van der Waals surface area (Å²) < 4.78 is 41.4. The molecule has 1 fully saturated rings. The normalized spacial score (nSPS) is 14.9. The molecule has 0 unspecified atom stereocenters. The number of nitriles is 1. The van der Waals surface area contributed by atoms with Crippen molar-refractivity contribution in [2.45, 2.75) is 31.9 Å². The third-order valence-corrected chi connectivity index (χ3v) is 6.38.